The molecule has 0 radical (unpaired) electrons. The van der Waals surface area contributed by atoms with Crippen LogP contribution in [0.1, 0.15) is 18.0 Å². The lowest BCUT2D eigenvalue weighted by Crippen LogP contribution is -2.25. The van der Waals surface area contributed by atoms with Gasteiger partial charge in [-0.1, -0.05) is 17.7 Å². The monoisotopic (exact) mass is 303 g/mol. The van der Waals surface area contributed by atoms with Crippen molar-refractivity contribution in [1.82, 2.24) is 5.32 Å². The summed E-state index contributed by atoms with van der Waals surface area (Å²) in [5, 5.41) is 4.11. The van der Waals surface area contributed by atoms with Crippen molar-refractivity contribution in [2.45, 2.75) is 12.5 Å². The highest BCUT2D eigenvalue weighted by Crippen LogP contribution is 2.32. The van der Waals surface area contributed by atoms with Gasteiger partial charge in [0.15, 0.2) is 0 Å². The Morgan fingerprint density at radius 1 is 1.56 bits per heavy atom. The van der Waals surface area contributed by atoms with Crippen LogP contribution < -0.4 is 5.32 Å². The van der Waals surface area contributed by atoms with E-state index >= 15 is 0 Å². The maximum absolute atomic E-state index is 6.12. The molecule has 0 aliphatic carbocycles. The predicted molar refractivity (Wildman–Crippen MR) is 69.9 cm³/mol. The van der Waals surface area contributed by atoms with Gasteiger partial charge in [0.05, 0.1) is 11.6 Å². The lowest BCUT2D eigenvalue weighted by molar-refractivity contribution is 0.178. The highest BCUT2D eigenvalue weighted by Gasteiger charge is 2.26. The third kappa shape index (κ3) is 2.59. The fourth-order valence-corrected chi connectivity index (χ4v) is 2.63. The van der Waals surface area contributed by atoms with Crippen molar-refractivity contribution < 1.29 is 4.74 Å². The van der Waals surface area contributed by atoms with Crippen molar-refractivity contribution in [1.29, 1.82) is 0 Å². The molecule has 16 heavy (non-hydrogen) atoms. The molecule has 1 aliphatic rings. The van der Waals surface area contributed by atoms with Crippen LogP contribution in [-0.4, -0.2) is 20.3 Å². The largest absolute Gasteiger partial charge is 0.381 e. The Balaban J connectivity index is 2.22. The van der Waals surface area contributed by atoms with E-state index in [4.69, 9.17) is 16.3 Å². The number of ether oxygens (including phenoxy) is 1. The zero-order valence-electron chi connectivity index (χ0n) is 9.17. The summed E-state index contributed by atoms with van der Waals surface area (Å²) in [4.78, 5) is 0. The standard InChI is InChI=1S/C12H15BrClNO/c1-15-12(9-4-5-16-7-9)8-2-3-10(13)11(14)6-8/h2-3,6,9,12,15H,4-5,7H2,1H3. The van der Waals surface area contributed by atoms with E-state index in [0.717, 1.165) is 29.1 Å². The Morgan fingerprint density at radius 3 is 2.94 bits per heavy atom. The van der Waals surface area contributed by atoms with Gasteiger partial charge in [-0.2, -0.15) is 0 Å². The summed E-state index contributed by atoms with van der Waals surface area (Å²) in [5.41, 5.74) is 1.23. The van der Waals surface area contributed by atoms with Gasteiger partial charge in [0.1, 0.15) is 0 Å². The van der Waals surface area contributed by atoms with Crippen LogP contribution in [0.5, 0.6) is 0 Å². The van der Waals surface area contributed by atoms with Crippen LogP contribution in [0, 0.1) is 5.92 Å². The SMILES string of the molecule is CNC(c1ccc(Br)c(Cl)c1)C1CCOC1. The highest BCUT2D eigenvalue weighted by molar-refractivity contribution is 9.10. The molecule has 0 aromatic heterocycles. The Kier molecular flexibility index (Phi) is 4.25. The molecule has 2 unspecified atom stereocenters. The number of nitrogens with one attached hydrogen (secondary N) is 1. The maximum atomic E-state index is 6.12. The van der Waals surface area contributed by atoms with E-state index in [-0.39, 0.29) is 0 Å². The Labute approximate surface area is 109 Å². The van der Waals surface area contributed by atoms with E-state index in [1.54, 1.807) is 0 Å². The molecule has 0 amide bonds. The van der Waals surface area contributed by atoms with Gasteiger partial charge in [-0.15, -0.1) is 0 Å². The van der Waals surface area contributed by atoms with E-state index in [1.165, 1.54) is 5.56 Å². The predicted octanol–water partition coefficient (Wildman–Crippen LogP) is 3.40. The second kappa shape index (κ2) is 5.50. The lowest BCUT2D eigenvalue weighted by atomic mass is 9.92. The summed E-state index contributed by atoms with van der Waals surface area (Å²) >= 11 is 9.52. The second-order valence-corrected chi connectivity index (χ2v) is 5.33. The molecule has 1 aromatic carbocycles. The Morgan fingerprint density at radius 2 is 2.38 bits per heavy atom. The first kappa shape index (κ1) is 12.4. The molecule has 0 spiro atoms. The summed E-state index contributed by atoms with van der Waals surface area (Å²) in [5.74, 6) is 0.544. The summed E-state index contributed by atoms with van der Waals surface area (Å²) in [7, 11) is 1.99. The Hall–Kier alpha value is -0.0900. The van der Waals surface area contributed by atoms with Gasteiger partial charge >= 0.3 is 0 Å². The minimum Gasteiger partial charge on any atom is -0.381 e. The average molecular weight is 305 g/mol. The second-order valence-electron chi connectivity index (χ2n) is 4.06. The van der Waals surface area contributed by atoms with Gasteiger partial charge in [-0.25, -0.2) is 0 Å². The normalized spacial score (nSPS) is 22.3. The minimum absolute atomic E-state index is 0.327. The van der Waals surface area contributed by atoms with Crippen molar-refractivity contribution in [3.8, 4) is 0 Å². The van der Waals surface area contributed by atoms with Gasteiger partial charge in [0, 0.05) is 23.0 Å². The van der Waals surface area contributed by atoms with Gasteiger partial charge in [0.2, 0.25) is 0 Å². The van der Waals surface area contributed by atoms with Gasteiger partial charge in [-0.3, -0.25) is 0 Å². The van der Waals surface area contributed by atoms with Crippen molar-refractivity contribution >= 4 is 27.5 Å². The molecule has 2 atom stereocenters. The van der Waals surface area contributed by atoms with E-state index in [9.17, 15) is 0 Å². The number of halogens is 2. The van der Waals surface area contributed by atoms with Crippen LogP contribution in [0.15, 0.2) is 22.7 Å². The zero-order valence-corrected chi connectivity index (χ0v) is 11.5. The number of rotatable bonds is 3. The molecule has 1 aromatic rings. The molecule has 1 N–H and O–H groups in total. The summed E-state index contributed by atoms with van der Waals surface area (Å²) in [6.45, 7) is 1.70. The molecular weight excluding hydrogens is 289 g/mol. The fourth-order valence-electron chi connectivity index (χ4n) is 2.20. The molecule has 2 nitrogen and oxygen atoms in total. The quantitative estimate of drug-likeness (QED) is 0.924. The molecule has 0 saturated carbocycles. The van der Waals surface area contributed by atoms with Crippen molar-refractivity contribution in [3.63, 3.8) is 0 Å². The molecule has 1 fully saturated rings. The first-order chi connectivity index (χ1) is 7.72. The molecule has 1 aliphatic heterocycles. The zero-order chi connectivity index (χ0) is 11.5. The maximum Gasteiger partial charge on any atom is 0.0551 e. The van der Waals surface area contributed by atoms with E-state index in [2.05, 4.69) is 27.3 Å². The van der Waals surface area contributed by atoms with Crippen LogP contribution in [-0.2, 0) is 4.74 Å². The van der Waals surface area contributed by atoms with E-state index in [0.29, 0.717) is 12.0 Å². The third-order valence-corrected chi connectivity index (χ3v) is 4.28. The summed E-state index contributed by atoms with van der Waals surface area (Å²) in [6, 6.07) is 6.45. The molecular formula is C12H15BrClNO. The minimum atomic E-state index is 0.327. The van der Waals surface area contributed by atoms with Crippen molar-refractivity contribution in [2.24, 2.45) is 5.92 Å². The van der Waals surface area contributed by atoms with Gasteiger partial charge in [0.25, 0.3) is 0 Å². The van der Waals surface area contributed by atoms with Crippen molar-refractivity contribution in [3.05, 3.63) is 33.3 Å². The average Bonchev–Trinajstić information content (AvgIpc) is 2.78. The van der Waals surface area contributed by atoms with Gasteiger partial charge < -0.3 is 10.1 Å². The molecule has 1 saturated heterocycles. The van der Waals surface area contributed by atoms with Crippen LogP contribution >= 0.6 is 27.5 Å². The van der Waals surface area contributed by atoms with E-state index in [1.807, 2.05) is 19.2 Å². The summed E-state index contributed by atoms with van der Waals surface area (Å²) in [6.07, 6.45) is 1.11. The highest BCUT2D eigenvalue weighted by atomic mass is 79.9. The van der Waals surface area contributed by atoms with Gasteiger partial charge in [-0.05, 0) is 47.1 Å². The smallest absolute Gasteiger partial charge is 0.0551 e. The van der Waals surface area contributed by atoms with Crippen LogP contribution in [0.4, 0.5) is 0 Å². The molecule has 1 heterocycles. The molecule has 88 valence electrons. The molecule has 4 heteroatoms. The fraction of sp³-hybridized carbons (Fsp3) is 0.500. The third-order valence-electron chi connectivity index (χ3n) is 3.05. The van der Waals surface area contributed by atoms with Crippen molar-refractivity contribution in [2.75, 3.05) is 20.3 Å². The lowest BCUT2D eigenvalue weighted by Gasteiger charge is -2.22. The molecule has 0 bridgehead atoms. The van der Waals surface area contributed by atoms with Crippen LogP contribution in [0.3, 0.4) is 0 Å². The van der Waals surface area contributed by atoms with E-state index < -0.39 is 0 Å². The first-order valence-corrected chi connectivity index (χ1v) is 6.59. The molecule has 2 rings (SSSR count). The topological polar surface area (TPSA) is 21.3 Å². The summed E-state index contributed by atoms with van der Waals surface area (Å²) < 4.78 is 6.37. The Bertz CT molecular complexity index is 366. The van der Waals surface area contributed by atoms with Crippen LogP contribution in [0.25, 0.3) is 0 Å². The first-order valence-electron chi connectivity index (χ1n) is 5.42. The number of benzene rings is 1. The number of hydrogen-bond donors (Lipinski definition) is 1. The van der Waals surface area contributed by atoms with Crippen LogP contribution in [0.2, 0.25) is 5.02 Å². The number of hydrogen-bond acceptors (Lipinski definition) is 2.